The quantitative estimate of drug-likeness (QED) is 0.420. The Balaban J connectivity index is 1.75. The molecule has 1 aromatic heterocycles. The maximum atomic E-state index is 12.3. The Hall–Kier alpha value is -3.81. The Morgan fingerprint density at radius 3 is 2.50 bits per heavy atom. The van der Waals surface area contributed by atoms with Crippen LogP contribution < -0.4 is 11.0 Å². The summed E-state index contributed by atoms with van der Waals surface area (Å²) in [7, 11) is 1.31. The third-order valence-electron chi connectivity index (χ3n) is 3.62. The summed E-state index contributed by atoms with van der Waals surface area (Å²) in [4.78, 5) is 35.4. The number of carbonyl (C=O) groups is 2. The summed E-state index contributed by atoms with van der Waals surface area (Å²) in [6, 6.07) is 13.2. The van der Waals surface area contributed by atoms with Gasteiger partial charge in [-0.1, -0.05) is 30.3 Å². The highest BCUT2D eigenvalue weighted by Crippen LogP contribution is 2.12. The van der Waals surface area contributed by atoms with E-state index in [2.05, 4.69) is 25.5 Å². The van der Waals surface area contributed by atoms with Crippen LogP contribution in [0.5, 0.6) is 0 Å². The average molecular weight is 350 g/mol. The first-order chi connectivity index (χ1) is 12.6. The molecule has 0 aliphatic carbocycles. The van der Waals surface area contributed by atoms with Gasteiger partial charge in [-0.25, -0.2) is 15.3 Å². The molecule has 0 unspecified atom stereocenters. The summed E-state index contributed by atoms with van der Waals surface area (Å²) >= 11 is 0. The number of esters is 1. The summed E-state index contributed by atoms with van der Waals surface area (Å²) < 4.78 is 4.62. The molecule has 2 aromatic carbocycles. The van der Waals surface area contributed by atoms with Crippen LogP contribution in [0.15, 0.2) is 58.4 Å². The third-order valence-corrected chi connectivity index (χ3v) is 3.62. The van der Waals surface area contributed by atoms with E-state index in [9.17, 15) is 14.4 Å². The van der Waals surface area contributed by atoms with Crippen molar-refractivity contribution >= 4 is 28.9 Å². The molecular formula is C18H14N4O4. The molecule has 26 heavy (non-hydrogen) atoms. The van der Waals surface area contributed by atoms with Crippen LogP contribution in [0.25, 0.3) is 10.8 Å². The van der Waals surface area contributed by atoms with Crippen molar-refractivity contribution < 1.29 is 14.3 Å². The van der Waals surface area contributed by atoms with Gasteiger partial charge in [-0.15, -0.1) is 0 Å². The van der Waals surface area contributed by atoms with Gasteiger partial charge in [0.15, 0.2) is 5.69 Å². The Morgan fingerprint density at radius 2 is 1.81 bits per heavy atom. The van der Waals surface area contributed by atoms with Gasteiger partial charge in [0.05, 0.1) is 24.3 Å². The van der Waals surface area contributed by atoms with Gasteiger partial charge in [-0.3, -0.25) is 9.59 Å². The van der Waals surface area contributed by atoms with E-state index < -0.39 is 11.9 Å². The number of rotatable bonds is 4. The molecule has 8 nitrogen and oxygen atoms in total. The van der Waals surface area contributed by atoms with E-state index in [1.54, 1.807) is 48.5 Å². The molecule has 0 radical (unpaired) electrons. The van der Waals surface area contributed by atoms with E-state index in [1.165, 1.54) is 13.3 Å². The number of H-pyrrole nitrogens is 1. The number of ether oxygens (including phenoxy) is 1. The smallest absolute Gasteiger partial charge is 0.337 e. The predicted octanol–water partition coefficient (Wildman–Crippen LogP) is 1.47. The number of nitrogens with zero attached hydrogens (tertiary/aromatic N) is 2. The molecule has 2 N–H and O–H groups in total. The zero-order valence-corrected chi connectivity index (χ0v) is 13.7. The largest absolute Gasteiger partial charge is 0.465 e. The predicted molar refractivity (Wildman–Crippen MR) is 95.2 cm³/mol. The molecule has 0 saturated heterocycles. The van der Waals surface area contributed by atoms with Gasteiger partial charge in [0.2, 0.25) is 0 Å². The third kappa shape index (κ3) is 3.48. The van der Waals surface area contributed by atoms with Gasteiger partial charge in [-0.2, -0.15) is 10.2 Å². The zero-order chi connectivity index (χ0) is 18.5. The molecule has 3 rings (SSSR count). The first kappa shape index (κ1) is 17.0. The second-order valence-electron chi connectivity index (χ2n) is 5.26. The van der Waals surface area contributed by atoms with Crippen LogP contribution in [-0.2, 0) is 4.74 Å². The van der Waals surface area contributed by atoms with Crippen molar-refractivity contribution in [1.29, 1.82) is 0 Å². The fraction of sp³-hybridized carbons (Fsp3) is 0.0556. The molecule has 0 spiro atoms. The van der Waals surface area contributed by atoms with Gasteiger partial charge in [0.25, 0.3) is 11.5 Å². The number of carbonyl (C=O) groups excluding carboxylic acids is 2. The van der Waals surface area contributed by atoms with Crippen LogP contribution in [0, 0.1) is 0 Å². The minimum atomic E-state index is -0.556. The summed E-state index contributed by atoms with van der Waals surface area (Å²) in [6.45, 7) is 0. The monoisotopic (exact) mass is 350 g/mol. The van der Waals surface area contributed by atoms with Crippen LogP contribution in [0.1, 0.15) is 26.4 Å². The van der Waals surface area contributed by atoms with Crippen LogP contribution in [-0.4, -0.2) is 35.4 Å². The van der Waals surface area contributed by atoms with Gasteiger partial charge in [0.1, 0.15) is 0 Å². The van der Waals surface area contributed by atoms with Crippen LogP contribution >= 0.6 is 0 Å². The second kappa shape index (κ2) is 7.39. The van der Waals surface area contributed by atoms with Crippen molar-refractivity contribution in [2.75, 3.05) is 7.11 Å². The highest BCUT2D eigenvalue weighted by molar-refractivity contribution is 6.04. The summed E-state index contributed by atoms with van der Waals surface area (Å²) in [5.74, 6) is -0.988. The van der Waals surface area contributed by atoms with Crippen molar-refractivity contribution in [3.63, 3.8) is 0 Å². The van der Waals surface area contributed by atoms with Gasteiger partial charge >= 0.3 is 5.97 Å². The van der Waals surface area contributed by atoms with Gasteiger partial charge in [0, 0.05) is 5.39 Å². The van der Waals surface area contributed by atoms with Crippen LogP contribution in [0.2, 0.25) is 0 Å². The number of benzene rings is 2. The lowest BCUT2D eigenvalue weighted by atomic mass is 10.1. The molecule has 0 atom stereocenters. The average Bonchev–Trinajstić information content (AvgIpc) is 2.68. The van der Waals surface area contributed by atoms with Crippen molar-refractivity contribution in [2.45, 2.75) is 0 Å². The maximum Gasteiger partial charge on any atom is 0.337 e. The summed E-state index contributed by atoms with van der Waals surface area (Å²) in [5.41, 5.74) is 3.15. The Morgan fingerprint density at radius 1 is 1.12 bits per heavy atom. The number of fused-ring (bicyclic) bond motifs is 1. The van der Waals surface area contributed by atoms with E-state index in [4.69, 9.17) is 0 Å². The Bertz CT molecular complexity index is 1050. The lowest BCUT2D eigenvalue weighted by molar-refractivity contribution is 0.0600. The minimum absolute atomic E-state index is 0.0680. The fourth-order valence-corrected chi connectivity index (χ4v) is 2.33. The number of methoxy groups -OCH3 is 1. The summed E-state index contributed by atoms with van der Waals surface area (Å²) in [6.07, 6.45) is 1.42. The van der Waals surface area contributed by atoms with Crippen molar-refractivity contribution in [3.8, 4) is 0 Å². The van der Waals surface area contributed by atoms with Gasteiger partial charge < -0.3 is 4.74 Å². The van der Waals surface area contributed by atoms with Crippen molar-refractivity contribution in [3.05, 3.63) is 75.7 Å². The summed E-state index contributed by atoms with van der Waals surface area (Å²) in [5, 5.41) is 10.8. The van der Waals surface area contributed by atoms with Crippen LogP contribution in [0.4, 0.5) is 0 Å². The van der Waals surface area contributed by atoms with Crippen molar-refractivity contribution in [1.82, 2.24) is 15.6 Å². The number of aromatic amines is 1. The highest BCUT2D eigenvalue weighted by Gasteiger charge is 2.13. The maximum absolute atomic E-state index is 12.3. The standard InChI is InChI=1S/C18H14N4O4/c1-26-18(25)12-8-6-11(7-9-12)10-19-21-17(24)15-13-4-2-3-5-14(13)16(23)22-20-15/h2-10H,1H3,(H,21,24)(H,22,23). The lowest BCUT2D eigenvalue weighted by Crippen LogP contribution is -2.22. The first-order valence-electron chi connectivity index (χ1n) is 7.59. The van der Waals surface area contributed by atoms with Crippen molar-refractivity contribution in [2.24, 2.45) is 5.10 Å². The first-order valence-corrected chi connectivity index (χ1v) is 7.59. The second-order valence-corrected chi connectivity index (χ2v) is 5.26. The van der Waals surface area contributed by atoms with E-state index in [0.717, 1.165) is 0 Å². The topological polar surface area (TPSA) is 114 Å². The lowest BCUT2D eigenvalue weighted by Gasteiger charge is -2.03. The molecule has 3 aromatic rings. The highest BCUT2D eigenvalue weighted by atomic mass is 16.5. The van der Waals surface area contributed by atoms with Gasteiger partial charge in [-0.05, 0) is 23.8 Å². The molecule has 130 valence electrons. The molecular weight excluding hydrogens is 336 g/mol. The number of aromatic nitrogens is 2. The normalized spacial score (nSPS) is 10.8. The number of hydrogen-bond acceptors (Lipinski definition) is 6. The molecule has 0 aliphatic heterocycles. The molecule has 1 heterocycles. The molecule has 0 fully saturated rings. The Kier molecular flexibility index (Phi) is 4.84. The number of hydrogen-bond donors (Lipinski definition) is 2. The van der Waals surface area contributed by atoms with E-state index in [0.29, 0.717) is 21.9 Å². The minimum Gasteiger partial charge on any atom is -0.465 e. The Labute approximate surface area is 147 Å². The molecule has 0 saturated carbocycles. The van der Waals surface area contributed by atoms with E-state index in [-0.39, 0.29) is 11.3 Å². The number of amides is 1. The molecule has 0 aliphatic rings. The number of nitrogens with one attached hydrogen (secondary N) is 2. The van der Waals surface area contributed by atoms with Crippen LogP contribution in [0.3, 0.4) is 0 Å². The molecule has 8 heteroatoms. The SMILES string of the molecule is COC(=O)c1ccc(C=NNC(=O)c2n[nH]c(=O)c3ccccc23)cc1. The fourth-order valence-electron chi connectivity index (χ4n) is 2.33. The molecule has 1 amide bonds. The zero-order valence-electron chi connectivity index (χ0n) is 13.7. The number of hydrazone groups is 1. The van der Waals surface area contributed by atoms with E-state index in [1.807, 2.05) is 0 Å². The van der Waals surface area contributed by atoms with E-state index >= 15 is 0 Å². The molecule has 0 bridgehead atoms.